The van der Waals surface area contributed by atoms with E-state index >= 15 is 0 Å². The van der Waals surface area contributed by atoms with E-state index < -0.39 is 5.97 Å². The molecule has 3 aromatic rings. The number of aromatic nitrogens is 4. The zero-order valence-electron chi connectivity index (χ0n) is 15.7. The monoisotopic (exact) mass is 397 g/mol. The number of anilines is 1. The van der Waals surface area contributed by atoms with Crippen molar-refractivity contribution in [3.05, 3.63) is 59.7 Å². The summed E-state index contributed by atoms with van der Waals surface area (Å²) < 4.78 is 6.39. The van der Waals surface area contributed by atoms with Gasteiger partial charge in [0.05, 0.1) is 24.1 Å². The molecule has 8 nitrogen and oxygen atoms in total. The molecule has 1 aromatic carbocycles. The van der Waals surface area contributed by atoms with E-state index in [9.17, 15) is 9.59 Å². The Kier molecular flexibility index (Phi) is 6.05. The maximum atomic E-state index is 12.2. The van der Waals surface area contributed by atoms with E-state index in [0.29, 0.717) is 22.1 Å². The van der Waals surface area contributed by atoms with Gasteiger partial charge in [0.15, 0.2) is 5.82 Å². The number of nitrogens with zero attached hydrogens (tertiary/aromatic N) is 4. The van der Waals surface area contributed by atoms with Gasteiger partial charge in [0.1, 0.15) is 11.4 Å². The van der Waals surface area contributed by atoms with Crippen molar-refractivity contribution in [1.29, 1.82) is 0 Å². The Morgan fingerprint density at radius 1 is 1.14 bits per heavy atom. The number of carbonyl (C=O) groups is 2. The quantitative estimate of drug-likeness (QED) is 0.388. The lowest BCUT2D eigenvalue weighted by atomic mass is 10.2. The number of ether oxygens (including phenoxy) is 1. The van der Waals surface area contributed by atoms with Gasteiger partial charge in [-0.1, -0.05) is 11.8 Å². The third-order valence-electron chi connectivity index (χ3n) is 3.80. The minimum atomic E-state index is -0.421. The number of amides is 1. The molecule has 0 atom stereocenters. The molecule has 2 aromatic heterocycles. The van der Waals surface area contributed by atoms with Gasteiger partial charge < -0.3 is 10.1 Å². The maximum Gasteiger partial charge on any atom is 0.337 e. The van der Waals surface area contributed by atoms with Crippen molar-refractivity contribution < 1.29 is 14.3 Å². The summed E-state index contributed by atoms with van der Waals surface area (Å²) in [5, 5.41) is 7.86. The van der Waals surface area contributed by atoms with E-state index in [-0.39, 0.29) is 11.7 Å². The molecule has 144 valence electrons. The van der Waals surface area contributed by atoms with Crippen molar-refractivity contribution in [2.45, 2.75) is 18.9 Å². The second kappa shape index (κ2) is 8.66. The lowest BCUT2D eigenvalue weighted by Gasteiger charge is -2.07. The average molecular weight is 397 g/mol. The third-order valence-corrected chi connectivity index (χ3v) is 4.72. The molecular formula is C19H19N5O3S. The van der Waals surface area contributed by atoms with E-state index in [1.807, 2.05) is 19.9 Å². The molecule has 0 radical (unpaired) electrons. The maximum absolute atomic E-state index is 12.2. The number of hydrogen-bond acceptors (Lipinski definition) is 7. The predicted molar refractivity (Wildman–Crippen MR) is 106 cm³/mol. The Labute approximate surface area is 166 Å². The number of benzene rings is 1. The molecule has 0 fully saturated rings. The molecule has 0 bridgehead atoms. The molecule has 2 heterocycles. The van der Waals surface area contributed by atoms with Crippen LogP contribution < -0.4 is 5.32 Å². The van der Waals surface area contributed by atoms with Crippen molar-refractivity contribution in [1.82, 2.24) is 19.7 Å². The van der Waals surface area contributed by atoms with Crippen LogP contribution in [0.25, 0.3) is 5.82 Å². The largest absolute Gasteiger partial charge is 0.465 e. The van der Waals surface area contributed by atoms with E-state index in [2.05, 4.69) is 25.1 Å². The molecule has 0 aliphatic rings. The molecule has 0 saturated carbocycles. The third kappa shape index (κ3) is 4.74. The summed E-state index contributed by atoms with van der Waals surface area (Å²) in [5.41, 5.74) is 2.90. The fraction of sp³-hybridized carbons (Fsp3) is 0.211. The Morgan fingerprint density at radius 3 is 2.54 bits per heavy atom. The first-order valence-electron chi connectivity index (χ1n) is 8.43. The smallest absolute Gasteiger partial charge is 0.337 e. The van der Waals surface area contributed by atoms with E-state index in [0.717, 1.165) is 11.4 Å². The van der Waals surface area contributed by atoms with E-state index in [1.54, 1.807) is 35.0 Å². The fourth-order valence-electron chi connectivity index (χ4n) is 2.53. The number of aryl methyl sites for hydroxylation is 2. The van der Waals surface area contributed by atoms with E-state index in [4.69, 9.17) is 0 Å². The molecular weight excluding hydrogens is 378 g/mol. The molecule has 1 amide bonds. The second-order valence-corrected chi connectivity index (χ2v) is 6.95. The van der Waals surface area contributed by atoms with Gasteiger partial charge in [-0.3, -0.25) is 4.79 Å². The number of thioether (sulfide) groups is 1. The van der Waals surface area contributed by atoms with Crippen LogP contribution in [0, 0.1) is 13.8 Å². The summed E-state index contributed by atoms with van der Waals surface area (Å²) in [6.07, 6.45) is 1.46. The first-order valence-corrected chi connectivity index (χ1v) is 9.41. The van der Waals surface area contributed by atoms with Gasteiger partial charge >= 0.3 is 5.97 Å². The van der Waals surface area contributed by atoms with Crippen molar-refractivity contribution in [3.63, 3.8) is 0 Å². The molecule has 0 aliphatic carbocycles. The van der Waals surface area contributed by atoms with Crippen molar-refractivity contribution in [2.75, 3.05) is 18.2 Å². The van der Waals surface area contributed by atoms with E-state index in [1.165, 1.54) is 25.2 Å². The highest BCUT2D eigenvalue weighted by molar-refractivity contribution is 7.99. The Bertz CT molecular complexity index is 1000. The van der Waals surface area contributed by atoms with Crippen molar-refractivity contribution in [2.24, 2.45) is 0 Å². The minimum Gasteiger partial charge on any atom is -0.465 e. The summed E-state index contributed by atoms with van der Waals surface area (Å²) in [6.45, 7) is 3.87. The zero-order valence-corrected chi connectivity index (χ0v) is 16.5. The Balaban J connectivity index is 1.59. The van der Waals surface area contributed by atoms with Gasteiger partial charge in [-0.05, 0) is 44.2 Å². The number of nitrogens with one attached hydrogen (secondary N) is 1. The topological polar surface area (TPSA) is 99.0 Å². The predicted octanol–water partition coefficient (Wildman–Crippen LogP) is 2.80. The van der Waals surface area contributed by atoms with Crippen LogP contribution in [-0.2, 0) is 9.53 Å². The fourth-order valence-corrected chi connectivity index (χ4v) is 3.19. The van der Waals surface area contributed by atoms with Crippen LogP contribution in [-0.4, -0.2) is 44.5 Å². The highest BCUT2D eigenvalue weighted by Gasteiger charge is 2.10. The standard InChI is InChI=1S/C19H19N5O3S/c1-12-8-13(2)24(23-12)16-9-18(21-11-20-16)28-10-17(25)22-15-6-4-14(5-7-15)19(26)27-3/h4-9,11H,10H2,1-3H3,(H,22,25). The van der Waals surface area contributed by atoms with Crippen LogP contribution in [0.2, 0.25) is 0 Å². The average Bonchev–Trinajstić information content (AvgIpc) is 3.04. The van der Waals surface area contributed by atoms with Crippen LogP contribution >= 0.6 is 11.8 Å². The first-order chi connectivity index (χ1) is 13.5. The molecule has 0 saturated heterocycles. The molecule has 0 aliphatic heterocycles. The van der Waals surface area contributed by atoms with Gasteiger partial charge in [-0.15, -0.1) is 0 Å². The molecule has 9 heteroatoms. The van der Waals surface area contributed by atoms with Crippen LogP contribution in [0.3, 0.4) is 0 Å². The summed E-state index contributed by atoms with van der Waals surface area (Å²) in [4.78, 5) is 32.1. The van der Waals surface area contributed by atoms with Gasteiger partial charge in [0, 0.05) is 17.4 Å². The molecule has 3 rings (SSSR count). The first kappa shape index (κ1) is 19.6. The number of hydrogen-bond donors (Lipinski definition) is 1. The summed E-state index contributed by atoms with van der Waals surface area (Å²) >= 11 is 1.30. The van der Waals surface area contributed by atoms with Gasteiger partial charge in [0.2, 0.25) is 5.91 Å². The SMILES string of the molecule is COC(=O)c1ccc(NC(=O)CSc2cc(-n3nc(C)cc3C)ncn2)cc1. The Hall–Kier alpha value is -3.20. The molecule has 0 unspecified atom stereocenters. The minimum absolute atomic E-state index is 0.179. The number of methoxy groups -OCH3 is 1. The van der Waals surface area contributed by atoms with Crippen LogP contribution in [0.15, 0.2) is 47.8 Å². The molecule has 28 heavy (non-hydrogen) atoms. The zero-order chi connectivity index (χ0) is 20.1. The second-order valence-electron chi connectivity index (χ2n) is 5.96. The van der Waals surface area contributed by atoms with Gasteiger partial charge in [-0.25, -0.2) is 19.4 Å². The lowest BCUT2D eigenvalue weighted by Crippen LogP contribution is -2.14. The Morgan fingerprint density at radius 2 is 1.89 bits per heavy atom. The van der Waals surface area contributed by atoms with Crippen LogP contribution in [0.5, 0.6) is 0 Å². The highest BCUT2D eigenvalue weighted by Crippen LogP contribution is 2.19. The van der Waals surface area contributed by atoms with Gasteiger partial charge in [0.25, 0.3) is 0 Å². The lowest BCUT2D eigenvalue weighted by molar-refractivity contribution is -0.113. The summed E-state index contributed by atoms with van der Waals surface area (Å²) in [5.74, 6) is 0.242. The summed E-state index contributed by atoms with van der Waals surface area (Å²) in [6, 6.07) is 10.3. The highest BCUT2D eigenvalue weighted by atomic mass is 32.2. The van der Waals surface area contributed by atoms with Crippen molar-refractivity contribution in [3.8, 4) is 5.82 Å². The number of esters is 1. The molecule has 1 N–H and O–H groups in total. The van der Waals surface area contributed by atoms with Crippen LogP contribution in [0.1, 0.15) is 21.7 Å². The molecule has 0 spiro atoms. The normalized spacial score (nSPS) is 10.5. The van der Waals surface area contributed by atoms with Crippen molar-refractivity contribution >= 4 is 29.3 Å². The summed E-state index contributed by atoms with van der Waals surface area (Å²) in [7, 11) is 1.32. The number of rotatable bonds is 6. The number of carbonyl (C=O) groups excluding carboxylic acids is 2. The van der Waals surface area contributed by atoms with Crippen LogP contribution in [0.4, 0.5) is 5.69 Å². The van der Waals surface area contributed by atoms with Gasteiger partial charge in [-0.2, -0.15) is 5.10 Å².